The van der Waals surface area contributed by atoms with Crippen LogP contribution in [0.1, 0.15) is 48.0 Å². The molecule has 0 spiro atoms. The molecule has 0 N–H and O–H groups in total. The van der Waals surface area contributed by atoms with Crippen molar-refractivity contribution >= 4 is 17.3 Å². The molecule has 0 amide bonds. The summed E-state index contributed by atoms with van der Waals surface area (Å²) in [5.41, 5.74) is 0.741. The minimum atomic E-state index is -0.216. The number of hydrogen-bond donors (Lipinski definition) is 0. The Labute approximate surface area is 98.3 Å². The van der Waals surface area contributed by atoms with Crippen LogP contribution in [-0.2, 0) is 9.59 Å². The maximum Gasteiger partial charge on any atom is 0.138 e. The van der Waals surface area contributed by atoms with Gasteiger partial charge >= 0.3 is 0 Å². The minimum Gasteiger partial charge on any atom is -0.300 e. The summed E-state index contributed by atoms with van der Waals surface area (Å²) in [6.07, 6.45) is 0.292. The van der Waals surface area contributed by atoms with Gasteiger partial charge in [-0.3, -0.25) is 14.6 Å². The molecule has 1 unspecified atom stereocenters. The van der Waals surface area contributed by atoms with Crippen molar-refractivity contribution in [1.29, 1.82) is 0 Å². The van der Waals surface area contributed by atoms with E-state index in [0.29, 0.717) is 6.42 Å². The average Bonchev–Trinajstić information content (AvgIpc) is 1.98. The van der Waals surface area contributed by atoms with E-state index in [1.54, 1.807) is 6.92 Å². The first-order chi connectivity index (χ1) is 7.25. The molecule has 92 valence electrons. The first-order valence-electron chi connectivity index (χ1n) is 5.82. The van der Waals surface area contributed by atoms with Gasteiger partial charge in [0.1, 0.15) is 11.6 Å². The van der Waals surface area contributed by atoms with Crippen molar-refractivity contribution in [1.82, 2.24) is 0 Å². The molecule has 0 radical (unpaired) electrons. The molecular weight excluding hydrogens is 202 g/mol. The maximum atomic E-state index is 11.6. The van der Waals surface area contributed by atoms with Crippen LogP contribution in [0, 0.1) is 11.8 Å². The second kappa shape index (κ2) is 6.56. The summed E-state index contributed by atoms with van der Waals surface area (Å²) in [5, 5.41) is 0. The van der Waals surface area contributed by atoms with Crippen LogP contribution in [-0.4, -0.2) is 23.3 Å². The van der Waals surface area contributed by atoms with Crippen molar-refractivity contribution < 1.29 is 9.59 Å². The number of carbonyl (C=O) groups excluding carboxylic acids is 2. The van der Waals surface area contributed by atoms with Gasteiger partial charge in [-0.1, -0.05) is 13.8 Å². The van der Waals surface area contributed by atoms with Crippen LogP contribution in [0.5, 0.6) is 0 Å². The summed E-state index contributed by atoms with van der Waals surface area (Å²) in [6, 6.07) is 0.120. The highest BCUT2D eigenvalue weighted by molar-refractivity contribution is 6.11. The van der Waals surface area contributed by atoms with Crippen LogP contribution < -0.4 is 0 Å². The number of ketones is 2. The van der Waals surface area contributed by atoms with Crippen LogP contribution in [0.15, 0.2) is 4.99 Å². The Morgan fingerprint density at radius 1 is 1.06 bits per heavy atom. The minimum absolute atomic E-state index is 0.0614. The third-order valence-electron chi connectivity index (χ3n) is 2.32. The fourth-order valence-corrected chi connectivity index (χ4v) is 1.91. The van der Waals surface area contributed by atoms with E-state index in [0.717, 1.165) is 5.71 Å². The lowest BCUT2D eigenvalue weighted by Crippen LogP contribution is -2.29. The van der Waals surface area contributed by atoms with E-state index in [1.807, 2.05) is 27.7 Å². The number of rotatable bonds is 6. The van der Waals surface area contributed by atoms with Gasteiger partial charge in [0.15, 0.2) is 0 Å². The Balaban J connectivity index is 5.12. The van der Waals surface area contributed by atoms with Gasteiger partial charge in [0, 0.05) is 18.2 Å². The van der Waals surface area contributed by atoms with Crippen LogP contribution in [0.25, 0.3) is 0 Å². The summed E-state index contributed by atoms with van der Waals surface area (Å²) in [4.78, 5) is 27.2. The number of nitrogens with zero attached hydrogens (tertiary/aromatic N) is 1. The zero-order valence-electron chi connectivity index (χ0n) is 11.2. The molecule has 0 heterocycles. The molecule has 0 aromatic carbocycles. The van der Waals surface area contributed by atoms with Crippen molar-refractivity contribution in [2.75, 3.05) is 0 Å². The maximum absolute atomic E-state index is 11.6. The Morgan fingerprint density at radius 2 is 1.56 bits per heavy atom. The Bertz CT molecular complexity index is 290. The lowest BCUT2D eigenvalue weighted by Gasteiger charge is -2.20. The summed E-state index contributed by atoms with van der Waals surface area (Å²) < 4.78 is 0. The molecule has 1 atom stereocenters. The standard InChI is InChI=1S/C13H23NO2/c1-8(2)13(11(6)16)12(7-10(5)15)14-9(3)4/h8-9,13H,7H2,1-6H3. The summed E-state index contributed by atoms with van der Waals surface area (Å²) in [7, 11) is 0. The normalized spacial score (nSPS) is 14.4. The molecule has 0 fully saturated rings. The topological polar surface area (TPSA) is 46.5 Å². The fourth-order valence-electron chi connectivity index (χ4n) is 1.91. The quantitative estimate of drug-likeness (QED) is 0.652. The second-order valence-electron chi connectivity index (χ2n) is 4.93. The van der Waals surface area contributed by atoms with Crippen molar-refractivity contribution in [3.05, 3.63) is 0 Å². The van der Waals surface area contributed by atoms with Crippen molar-refractivity contribution in [2.24, 2.45) is 16.8 Å². The molecule has 16 heavy (non-hydrogen) atoms. The fraction of sp³-hybridized carbons (Fsp3) is 0.769. The Kier molecular flexibility index (Phi) is 6.16. The smallest absolute Gasteiger partial charge is 0.138 e. The Morgan fingerprint density at radius 3 is 1.81 bits per heavy atom. The molecule has 0 bridgehead atoms. The van der Waals surface area contributed by atoms with Gasteiger partial charge < -0.3 is 0 Å². The molecule has 0 aliphatic rings. The SMILES string of the molecule is CC(=O)CC(=NC(C)C)C(C(C)=O)C(C)C. The van der Waals surface area contributed by atoms with Crippen LogP contribution in [0.2, 0.25) is 0 Å². The monoisotopic (exact) mass is 225 g/mol. The second-order valence-corrected chi connectivity index (χ2v) is 4.93. The van der Waals surface area contributed by atoms with Gasteiger partial charge in [-0.15, -0.1) is 0 Å². The van der Waals surface area contributed by atoms with Gasteiger partial charge in [0.25, 0.3) is 0 Å². The predicted molar refractivity (Wildman–Crippen MR) is 66.9 cm³/mol. The largest absolute Gasteiger partial charge is 0.300 e. The lowest BCUT2D eigenvalue weighted by atomic mass is 9.85. The molecule has 0 aliphatic carbocycles. The Hall–Kier alpha value is -0.990. The van der Waals surface area contributed by atoms with E-state index in [9.17, 15) is 9.59 Å². The predicted octanol–water partition coefficient (Wildman–Crippen LogP) is 2.68. The average molecular weight is 225 g/mol. The van der Waals surface area contributed by atoms with E-state index in [2.05, 4.69) is 4.99 Å². The van der Waals surface area contributed by atoms with E-state index in [-0.39, 0.29) is 29.4 Å². The van der Waals surface area contributed by atoms with Crippen LogP contribution in [0.3, 0.4) is 0 Å². The molecule has 0 aromatic rings. The van der Waals surface area contributed by atoms with Crippen molar-refractivity contribution in [3.8, 4) is 0 Å². The molecule has 3 heteroatoms. The third kappa shape index (κ3) is 5.19. The number of carbonyl (C=O) groups is 2. The summed E-state index contributed by atoms with van der Waals surface area (Å²) >= 11 is 0. The van der Waals surface area contributed by atoms with Gasteiger partial charge in [-0.25, -0.2) is 0 Å². The number of Topliss-reactive ketones (excluding diaryl/α,β-unsaturated/α-hetero) is 2. The number of aliphatic imine (C=N–C) groups is 1. The van der Waals surface area contributed by atoms with Gasteiger partial charge in [-0.05, 0) is 33.6 Å². The molecule has 0 saturated carbocycles. The first kappa shape index (κ1) is 15.0. The molecule has 0 saturated heterocycles. The van der Waals surface area contributed by atoms with Crippen LogP contribution in [0.4, 0.5) is 0 Å². The van der Waals surface area contributed by atoms with E-state index < -0.39 is 0 Å². The molecular formula is C13H23NO2. The number of hydrogen-bond acceptors (Lipinski definition) is 3. The van der Waals surface area contributed by atoms with E-state index in [1.165, 1.54) is 6.92 Å². The van der Waals surface area contributed by atoms with E-state index >= 15 is 0 Å². The lowest BCUT2D eigenvalue weighted by molar-refractivity contribution is -0.119. The molecule has 0 aromatic heterocycles. The van der Waals surface area contributed by atoms with Gasteiger partial charge in [0.05, 0.1) is 5.92 Å². The highest BCUT2D eigenvalue weighted by atomic mass is 16.1. The van der Waals surface area contributed by atoms with Crippen molar-refractivity contribution in [3.63, 3.8) is 0 Å². The van der Waals surface area contributed by atoms with E-state index in [4.69, 9.17) is 0 Å². The van der Waals surface area contributed by atoms with Gasteiger partial charge in [-0.2, -0.15) is 0 Å². The first-order valence-corrected chi connectivity index (χ1v) is 5.82. The molecule has 3 nitrogen and oxygen atoms in total. The highest BCUT2D eigenvalue weighted by Crippen LogP contribution is 2.17. The summed E-state index contributed by atoms with van der Waals surface area (Å²) in [5.74, 6) is 0.127. The zero-order chi connectivity index (χ0) is 12.9. The summed E-state index contributed by atoms with van der Waals surface area (Å²) in [6.45, 7) is 11.0. The highest BCUT2D eigenvalue weighted by Gasteiger charge is 2.25. The van der Waals surface area contributed by atoms with Gasteiger partial charge in [0.2, 0.25) is 0 Å². The molecule has 0 rings (SSSR count). The zero-order valence-corrected chi connectivity index (χ0v) is 11.2. The van der Waals surface area contributed by atoms with Crippen LogP contribution >= 0.6 is 0 Å². The third-order valence-corrected chi connectivity index (χ3v) is 2.32. The van der Waals surface area contributed by atoms with Crippen molar-refractivity contribution in [2.45, 2.75) is 54.0 Å². The molecule has 0 aliphatic heterocycles.